The van der Waals surface area contributed by atoms with Crippen LogP contribution in [-0.4, -0.2) is 29.0 Å². The molecular weight excluding hydrogens is 424 g/mol. The van der Waals surface area contributed by atoms with Crippen molar-refractivity contribution in [2.24, 2.45) is 0 Å². The molecule has 0 heterocycles. The van der Waals surface area contributed by atoms with Crippen molar-refractivity contribution in [1.82, 2.24) is 0 Å². The lowest BCUT2D eigenvalue weighted by Gasteiger charge is -1.92. The highest BCUT2D eigenvalue weighted by atomic mass is 80.9. The Kier molecular flexibility index (Phi) is 24.3. The second-order valence-electron chi connectivity index (χ2n) is 2.97. The van der Waals surface area contributed by atoms with E-state index in [0.29, 0.717) is 25.5 Å². The molecule has 0 rings (SSSR count). The Bertz CT molecular complexity index is 232. The lowest BCUT2D eigenvalue weighted by atomic mass is 10.2. The molecule has 17 heavy (non-hydrogen) atoms. The van der Waals surface area contributed by atoms with Gasteiger partial charge in [0.05, 0.1) is 4.83 Å². The third kappa shape index (κ3) is 31.4. The van der Waals surface area contributed by atoms with Crippen molar-refractivity contribution in [2.45, 2.75) is 37.9 Å². The summed E-state index contributed by atoms with van der Waals surface area (Å²) in [4.78, 5) is 39.4. The molecule has 0 N–H and O–H groups in total. The van der Waals surface area contributed by atoms with Gasteiger partial charge in [-0.25, -0.2) is 0 Å². The molecule has 4 nitrogen and oxygen atoms in total. The van der Waals surface area contributed by atoms with E-state index in [0.717, 1.165) is 6.29 Å². The molecule has 100 valence electrons. The van der Waals surface area contributed by atoms with Gasteiger partial charge in [-0.1, -0.05) is 15.9 Å². The summed E-state index contributed by atoms with van der Waals surface area (Å²) >= 11 is 8.49. The molecule has 0 amide bonds. The maximum atomic E-state index is 10.2. The van der Waals surface area contributed by atoms with Crippen LogP contribution in [0.4, 0.5) is 0 Å². The fourth-order valence-electron chi connectivity index (χ4n) is 0.585. The Labute approximate surface area is 125 Å². The first kappa shape index (κ1) is 22.3. The predicted octanol–water partition coefficient (Wildman–Crippen LogP) is 3.17. The number of hydrogen-bond donors (Lipinski definition) is 0. The van der Waals surface area contributed by atoms with Crippen LogP contribution in [0.2, 0.25) is 0 Å². The van der Waals surface area contributed by atoms with Crippen molar-refractivity contribution in [2.75, 3.05) is 0 Å². The van der Waals surface area contributed by atoms with Gasteiger partial charge in [0.1, 0.15) is 24.1 Å². The molecule has 0 aromatic heterocycles. The van der Waals surface area contributed by atoms with Crippen molar-refractivity contribution >= 4 is 68.3 Å². The van der Waals surface area contributed by atoms with E-state index in [2.05, 4.69) is 44.2 Å². The molecule has 1 unspecified atom stereocenters. The molecule has 7 heteroatoms. The Morgan fingerprint density at radius 3 is 1.71 bits per heavy atom. The second-order valence-corrected chi connectivity index (χ2v) is 4.14. The highest BCUT2D eigenvalue weighted by Crippen LogP contribution is 2.00. The molecule has 0 saturated heterocycles. The maximum Gasteiger partial charge on any atom is 0.134 e. The van der Waals surface area contributed by atoms with Gasteiger partial charge in [0.15, 0.2) is 0 Å². The van der Waals surface area contributed by atoms with Gasteiger partial charge in [-0.2, -0.15) is 0 Å². The first-order valence-corrected chi connectivity index (χ1v) is 9.23. The van der Waals surface area contributed by atoms with Gasteiger partial charge >= 0.3 is 0 Å². The van der Waals surface area contributed by atoms with Gasteiger partial charge in [-0.3, -0.25) is 4.79 Å². The van der Waals surface area contributed by atoms with Crippen LogP contribution in [0, 0.1) is 0 Å². The number of halogens is 3. The largest absolute Gasteiger partial charge is 0.303 e. The number of carbonyl (C=O) groups is 4. The lowest BCUT2D eigenvalue weighted by molar-refractivity contribution is -0.119. The smallest absolute Gasteiger partial charge is 0.134 e. The summed E-state index contributed by atoms with van der Waals surface area (Å²) in [5.74, 6) is 0.103. The first-order valence-electron chi connectivity index (χ1n) is 4.60. The van der Waals surface area contributed by atoms with Crippen molar-refractivity contribution in [1.29, 1.82) is 0 Å². The highest BCUT2D eigenvalue weighted by Gasteiger charge is 2.02. The van der Waals surface area contributed by atoms with Crippen molar-refractivity contribution in [3.63, 3.8) is 0 Å². The molecule has 0 saturated carbocycles. The number of hydrogen-bond acceptors (Lipinski definition) is 4. The third-order valence-corrected chi connectivity index (χ3v) is 1.78. The van der Waals surface area contributed by atoms with Crippen LogP contribution in [0.15, 0.2) is 0 Å². The topological polar surface area (TPSA) is 68.3 Å². The van der Waals surface area contributed by atoms with Gasteiger partial charge in [-0.05, 0) is 13.8 Å². The average molecular weight is 439 g/mol. The molecule has 0 aromatic rings. The van der Waals surface area contributed by atoms with E-state index < -0.39 is 0 Å². The number of Topliss-reactive ketones (excluding diaryl/α,β-unsaturated/α-hetero) is 2. The molecule has 0 aliphatic heterocycles. The van der Waals surface area contributed by atoms with Crippen molar-refractivity contribution in [3.05, 3.63) is 0 Å². The summed E-state index contributed by atoms with van der Waals surface area (Å²) in [5.41, 5.74) is 0. The van der Waals surface area contributed by atoms with Crippen LogP contribution in [0.25, 0.3) is 0 Å². The molecule has 0 spiro atoms. The van der Waals surface area contributed by atoms with E-state index in [4.69, 9.17) is 0 Å². The Morgan fingerprint density at radius 2 is 1.59 bits per heavy atom. The van der Waals surface area contributed by atoms with Crippen LogP contribution >= 0.6 is 44.2 Å². The number of carbonyl (C=O) groups excluding carboxylic acids is 4. The predicted molar refractivity (Wildman–Crippen MR) is 77.9 cm³/mol. The van der Waals surface area contributed by atoms with Crippen LogP contribution in [0.5, 0.6) is 0 Å². The fourth-order valence-corrected chi connectivity index (χ4v) is 1.04. The summed E-state index contributed by atoms with van der Waals surface area (Å²) < 4.78 is 0. The highest BCUT2D eigenvalue weighted by molar-refractivity contribution is 9.93. The lowest BCUT2D eigenvalue weighted by Crippen LogP contribution is -2.04. The third-order valence-electron chi connectivity index (χ3n) is 1.24. The summed E-state index contributed by atoms with van der Waals surface area (Å²) in [5, 5.41) is 0. The summed E-state index contributed by atoms with van der Waals surface area (Å²) in [6.07, 6.45) is 2.52. The SMILES string of the molecule is BrBr.CC(=O)CC(Br)C=O.CC(=O)CCC=O. The van der Waals surface area contributed by atoms with Gasteiger partial charge in [-0.15, -0.1) is 0 Å². The van der Waals surface area contributed by atoms with Gasteiger partial charge in [0.25, 0.3) is 0 Å². The minimum Gasteiger partial charge on any atom is -0.303 e. The number of aldehydes is 2. The fraction of sp³-hybridized carbons (Fsp3) is 0.600. The number of rotatable bonds is 6. The Balaban J connectivity index is -0.000000202. The van der Waals surface area contributed by atoms with E-state index in [9.17, 15) is 19.2 Å². The van der Waals surface area contributed by atoms with Crippen LogP contribution in [0.3, 0.4) is 0 Å². The van der Waals surface area contributed by atoms with Gasteiger partial charge in [0.2, 0.25) is 0 Å². The summed E-state index contributed by atoms with van der Waals surface area (Å²) in [6, 6.07) is 0. The van der Waals surface area contributed by atoms with Crippen LogP contribution in [-0.2, 0) is 19.2 Å². The maximum absolute atomic E-state index is 10.2. The monoisotopic (exact) mass is 436 g/mol. The molecule has 0 bridgehead atoms. The standard InChI is InChI=1S/C5H7BrO2.C5H8O2.Br2/c1-4(8)2-5(6)3-7;1-5(7)3-2-4-6;1-2/h3,5H,2H2,1H3;4H,2-3H2,1H3;. The Hall–Kier alpha value is 0.120. The van der Waals surface area contributed by atoms with Crippen molar-refractivity contribution < 1.29 is 19.2 Å². The molecule has 0 aromatic carbocycles. The van der Waals surface area contributed by atoms with E-state index in [1.165, 1.54) is 13.8 Å². The molecule has 1 atom stereocenters. The molecule has 0 aliphatic rings. The second kappa shape index (κ2) is 18.5. The number of alkyl halides is 1. The zero-order valence-corrected chi connectivity index (χ0v) is 14.4. The van der Waals surface area contributed by atoms with E-state index in [1.54, 1.807) is 0 Å². The Morgan fingerprint density at radius 1 is 1.12 bits per heavy atom. The summed E-state index contributed by atoms with van der Waals surface area (Å²) in [6.45, 7) is 2.93. The molecule has 0 fully saturated rings. The van der Waals surface area contributed by atoms with Gasteiger partial charge in [0, 0.05) is 47.5 Å². The zero-order chi connectivity index (χ0) is 14.3. The minimum atomic E-state index is -0.292. The normalized spacial score (nSPS) is 9.71. The quantitative estimate of drug-likeness (QED) is 0.472. The minimum absolute atomic E-state index is 0.0268. The van der Waals surface area contributed by atoms with Crippen molar-refractivity contribution in [3.8, 4) is 0 Å². The van der Waals surface area contributed by atoms with Crippen LogP contribution < -0.4 is 0 Å². The number of ketones is 2. The average Bonchev–Trinajstić information content (AvgIpc) is 2.29. The summed E-state index contributed by atoms with van der Waals surface area (Å²) in [7, 11) is 0. The first-order chi connectivity index (χ1) is 7.93. The molecule has 0 aliphatic carbocycles. The van der Waals surface area contributed by atoms with Gasteiger partial charge < -0.3 is 14.4 Å². The molecular formula is C10H15Br3O4. The van der Waals surface area contributed by atoms with E-state index >= 15 is 0 Å². The van der Waals surface area contributed by atoms with E-state index in [1.807, 2.05) is 0 Å². The van der Waals surface area contributed by atoms with E-state index in [-0.39, 0.29) is 16.4 Å². The zero-order valence-electron chi connectivity index (χ0n) is 9.62. The van der Waals surface area contributed by atoms with Crippen LogP contribution in [0.1, 0.15) is 33.1 Å². The molecule has 0 radical (unpaired) electrons.